The second-order valence-corrected chi connectivity index (χ2v) is 7.99. The van der Waals surface area contributed by atoms with Crippen molar-refractivity contribution in [3.63, 3.8) is 0 Å². The highest BCUT2D eigenvalue weighted by Crippen LogP contribution is 2.27. The van der Waals surface area contributed by atoms with Crippen molar-refractivity contribution in [2.45, 2.75) is 18.4 Å². The number of nitrogens with one attached hydrogen (secondary N) is 1. The summed E-state index contributed by atoms with van der Waals surface area (Å²) in [6.45, 7) is 2.40. The standard InChI is InChI=1S/C20H20N2O3S/c1-15-7-5-9-17(13-15)25-18-10-4-3-8-16(18)14-22-20-19(26(2,23)24)11-6-12-21-20/h3-13H,14H2,1-2H3,(H,21,22). The number of rotatable bonds is 6. The van der Waals surface area contributed by atoms with Gasteiger partial charge in [0.2, 0.25) is 0 Å². The highest BCUT2D eigenvalue weighted by molar-refractivity contribution is 7.90. The van der Waals surface area contributed by atoms with Crippen LogP contribution >= 0.6 is 0 Å². The maximum absolute atomic E-state index is 11.9. The normalized spacial score (nSPS) is 11.2. The van der Waals surface area contributed by atoms with Crippen LogP contribution in [0.15, 0.2) is 71.8 Å². The minimum Gasteiger partial charge on any atom is -0.457 e. The summed E-state index contributed by atoms with van der Waals surface area (Å²) in [5.74, 6) is 1.80. The van der Waals surface area contributed by atoms with Crippen LogP contribution in [0.5, 0.6) is 11.5 Å². The lowest BCUT2D eigenvalue weighted by Gasteiger charge is -2.14. The predicted octanol–water partition coefficient (Wildman–Crippen LogP) is 4.20. The fraction of sp³-hybridized carbons (Fsp3) is 0.150. The van der Waals surface area contributed by atoms with Crippen molar-refractivity contribution < 1.29 is 13.2 Å². The molecule has 0 saturated carbocycles. The van der Waals surface area contributed by atoms with Gasteiger partial charge in [-0.25, -0.2) is 13.4 Å². The van der Waals surface area contributed by atoms with Crippen LogP contribution in [0.1, 0.15) is 11.1 Å². The third-order valence-corrected chi connectivity index (χ3v) is 4.93. The van der Waals surface area contributed by atoms with Gasteiger partial charge in [0.05, 0.1) is 0 Å². The summed E-state index contributed by atoms with van der Waals surface area (Å²) in [6.07, 6.45) is 2.73. The molecule has 134 valence electrons. The highest BCUT2D eigenvalue weighted by atomic mass is 32.2. The number of aromatic nitrogens is 1. The lowest BCUT2D eigenvalue weighted by molar-refractivity contribution is 0.476. The van der Waals surface area contributed by atoms with Crippen molar-refractivity contribution in [2.75, 3.05) is 11.6 Å². The lowest BCUT2D eigenvalue weighted by Crippen LogP contribution is -2.08. The molecule has 3 aromatic rings. The van der Waals surface area contributed by atoms with E-state index in [-0.39, 0.29) is 4.90 Å². The zero-order valence-corrected chi connectivity index (χ0v) is 15.5. The van der Waals surface area contributed by atoms with E-state index in [0.29, 0.717) is 18.1 Å². The minimum atomic E-state index is -3.36. The van der Waals surface area contributed by atoms with E-state index in [1.165, 1.54) is 6.26 Å². The average Bonchev–Trinajstić information content (AvgIpc) is 2.60. The van der Waals surface area contributed by atoms with Crippen LogP contribution in [-0.4, -0.2) is 19.7 Å². The molecule has 0 atom stereocenters. The van der Waals surface area contributed by atoms with E-state index in [1.54, 1.807) is 18.3 Å². The first-order valence-corrected chi connectivity index (χ1v) is 10.0. The van der Waals surface area contributed by atoms with Crippen LogP contribution in [0, 0.1) is 6.92 Å². The number of hydrogen-bond acceptors (Lipinski definition) is 5. The minimum absolute atomic E-state index is 0.178. The Morgan fingerprint density at radius 3 is 2.62 bits per heavy atom. The number of ether oxygens (including phenoxy) is 1. The summed E-state index contributed by atoms with van der Waals surface area (Å²) in [5.41, 5.74) is 2.02. The van der Waals surface area contributed by atoms with Crippen LogP contribution in [0.4, 0.5) is 5.82 Å². The van der Waals surface area contributed by atoms with E-state index in [9.17, 15) is 8.42 Å². The smallest absolute Gasteiger partial charge is 0.179 e. The van der Waals surface area contributed by atoms with E-state index in [1.807, 2.05) is 55.5 Å². The SMILES string of the molecule is Cc1cccc(Oc2ccccc2CNc2ncccc2S(C)(=O)=O)c1. The van der Waals surface area contributed by atoms with Crippen LogP contribution in [0.2, 0.25) is 0 Å². The predicted molar refractivity (Wildman–Crippen MR) is 102 cm³/mol. The fourth-order valence-electron chi connectivity index (χ4n) is 2.56. The van der Waals surface area contributed by atoms with Crippen LogP contribution in [-0.2, 0) is 16.4 Å². The Labute approximate surface area is 153 Å². The number of nitrogens with zero attached hydrogens (tertiary/aromatic N) is 1. The van der Waals surface area contributed by atoms with Crippen LogP contribution in [0.3, 0.4) is 0 Å². The Morgan fingerprint density at radius 2 is 1.85 bits per heavy atom. The van der Waals surface area contributed by atoms with Gasteiger partial charge in [-0.1, -0.05) is 30.3 Å². The largest absolute Gasteiger partial charge is 0.457 e. The molecule has 0 fully saturated rings. The van der Waals surface area contributed by atoms with Gasteiger partial charge >= 0.3 is 0 Å². The van der Waals surface area contributed by atoms with Crippen molar-refractivity contribution in [1.29, 1.82) is 0 Å². The number of anilines is 1. The third kappa shape index (κ3) is 4.40. The molecular formula is C20H20N2O3S. The quantitative estimate of drug-likeness (QED) is 0.706. The van der Waals surface area contributed by atoms with Gasteiger partial charge in [0, 0.05) is 24.6 Å². The van der Waals surface area contributed by atoms with Gasteiger partial charge in [-0.3, -0.25) is 0 Å². The number of para-hydroxylation sites is 1. The van der Waals surface area contributed by atoms with Crippen molar-refractivity contribution in [2.24, 2.45) is 0 Å². The summed E-state index contributed by atoms with van der Waals surface area (Å²) in [7, 11) is -3.36. The molecule has 0 aliphatic carbocycles. The van der Waals surface area contributed by atoms with Gasteiger partial charge in [0.1, 0.15) is 22.2 Å². The number of aryl methyl sites for hydroxylation is 1. The Kier molecular flexibility index (Phi) is 5.23. The molecule has 0 saturated heterocycles. The van der Waals surface area contributed by atoms with Gasteiger partial charge in [0.15, 0.2) is 9.84 Å². The van der Waals surface area contributed by atoms with Crippen LogP contribution < -0.4 is 10.1 Å². The molecule has 0 amide bonds. The van der Waals surface area contributed by atoms with E-state index in [0.717, 1.165) is 16.9 Å². The van der Waals surface area contributed by atoms with Crippen LogP contribution in [0.25, 0.3) is 0 Å². The van der Waals surface area contributed by atoms with E-state index >= 15 is 0 Å². The zero-order chi connectivity index (χ0) is 18.6. The first-order chi connectivity index (χ1) is 12.4. The number of pyridine rings is 1. The fourth-order valence-corrected chi connectivity index (χ4v) is 3.36. The molecule has 1 aromatic heterocycles. The average molecular weight is 368 g/mol. The maximum Gasteiger partial charge on any atom is 0.179 e. The summed E-state index contributed by atoms with van der Waals surface area (Å²) >= 11 is 0. The maximum atomic E-state index is 11.9. The first-order valence-electron chi connectivity index (χ1n) is 8.15. The third-order valence-electron chi connectivity index (χ3n) is 3.81. The molecule has 2 aromatic carbocycles. The Balaban J connectivity index is 1.82. The summed E-state index contributed by atoms with van der Waals surface area (Å²) in [5, 5.41) is 3.10. The second-order valence-electron chi connectivity index (χ2n) is 6.00. The van der Waals surface area contributed by atoms with Gasteiger partial charge in [-0.15, -0.1) is 0 Å². The lowest BCUT2D eigenvalue weighted by atomic mass is 10.2. The van der Waals surface area contributed by atoms with E-state index in [2.05, 4.69) is 10.3 Å². The molecule has 1 heterocycles. The van der Waals surface area contributed by atoms with Gasteiger partial charge in [-0.05, 0) is 42.8 Å². The van der Waals surface area contributed by atoms with Gasteiger partial charge in [0.25, 0.3) is 0 Å². The molecule has 0 radical (unpaired) electrons. The molecule has 0 bridgehead atoms. The molecule has 6 heteroatoms. The number of hydrogen-bond donors (Lipinski definition) is 1. The molecule has 26 heavy (non-hydrogen) atoms. The first kappa shape index (κ1) is 17.9. The monoisotopic (exact) mass is 368 g/mol. The molecule has 1 N–H and O–H groups in total. The van der Waals surface area contributed by atoms with Crippen molar-refractivity contribution in [3.8, 4) is 11.5 Å². The highest BCUT2D eigenvalue weighted by Gasteiger charge is 2.14. The van der Waals surface area contributed by atoms with Gasteiger partial charge in [-0.2, -0.15) is 0 Å². The number of sulfone groups is 1. The molecule has 0 aliphatic heterocycles. The van der Waals surface area contributed by atoms with E-state index in [4.69, 9.17) is 4.74 Å². The topological polar surface area (TPSA) is 68.3 Å². The zero-order valence-electron chi connectivity index (χ0n) is 14.6. The molecule has 0 spiro atoms. The number of benzene rings is 2. The van der Waals surface area contributed by atoms with Crippen molar-refractivity contribution in [3.05, 3.63) is 78.0 Å². The molecular weight excluding hydrogens is 348 g/mol. The molecule has 3 rings (SSSR count). The summed E-state index contributed by atoms with van der Waals surface area (Å²) in [4.78, 5) is 4.33. The van der Waals surface area contributed by atoms with Crippen molar-refractivity contribution >= 4 is 15.7 Å². The summed E-state index contributed by atoms with van der Waals surface area (Å²) in [6, 6.07) is 18.6. The Bertz CT molecular complexity index is 1020. The molecule has 5 nitrogen and oxygen atoms in total. The van der Waals surface area contributed by atoms with Gasteiger partial charge < -0.3 is 10.1 Å². The Morgan fingerprint density at radius 1 is 1.04 bits per heavy atom. The molecule has 0 aliphatic rings. The Hall–Kier alpha value is -2.86. The molecule has 0 unspecified atom stereocenters. The summed E-state index contributed by atoms with van der Waals surface area (Å²) < 4.78 is 29.8. The van der Waals surface area contributed by atoms with Crippen molar-refractivity contribution in [1.82, 2.24) is 4.98 Å². The van der Waals surface area contributed by atoms with E-state index < -0.39 is 9.84 Å². The second kappa shape index (κ2) is 7.58.